The molecule has 1 heterocycles. The predicted octanol–water partition coefficient (Wildman–Crippen LogP) is 0.749. The molecule has 11 heavy (non-hydrogen) atoms. The van der Waals surface area contributed by atoms with Crippen LogP contribution in [-0.4, -0.2) is 18.8 Å². The number of ether oxygens (including phenoxy) is 1. The molecule has 1 rings (SSSR count). The Labute approximate surface area is 69.4 Å². The van der Waals surface area contributed by atoms with Crippen LogP contribution in [0.15, 0.2) is 11.4 Å². The normalized spacial score (nSPS) is 13.0. The van der Waals surface area contributed by atoms with Crippen LogP contribution in [0.3, 0.4) is 0 Å². The number of aliphatic hydroxyl groups is 1. The monoisotopic (exact) mass is 173 g/mol. The molecule has 0 aliphatic rings. The van der Waals surface area contributed by atoms with Crippen LogP contribution in [0, 0.1) is 0 Å². The summed E-state index contributed by atoms with van der Waals surface area (Å²) >= 11 is 1.48. The molecule has 4 heteroatoms. The maximum Gasteiger partial charge on any atom is 0.178 e. The molecule has 0 unspecified atom stereocenters. The first kappa shape index (κ1) is 8.52. The summed E-state index contributed by atoms with van der Waals surface area (Å²) in [6, 6.07) is 1.54. The fourth-order valence-electron chi connectivity index (χ4n) is 0.844. The third kappa shape index (κ3) is 1.71. The summed E-state index contributed by atoms with van der Waals surface area (Å²) in [5, 5.41) is 11.4. The van der Waals surface area contributed by atoms with Crippen LogP contribution < -0.4 is 10.5 Å². The van der Waals surface area contributed by atoms with Crippen molar-refractivity contribution < 1.29 is 9.84 Å². The van der Waals surface area contributed by atoms with E-state index in [9.17, 15) is 0 Å². The Balaban J connectivity index is 2.83. The Hall–Kier alpha value is -0.580. The summed E-state index contributed by atoms with van der Waals surface area (Å²) in [4.78, 5) is 0. The molecular formula is C7H11NO2S. The number of rotatable bonds is 3. The largest absolute Gasteiger partial charge is 0.487 e. The molecule has 1 aromatic rings. The second-order valence-corrected chi connectivity index (χ2v) is 3.04. The van der Waals surface area contributed by atoms with Crippen molar-refractivity contribution in [1.29, 1.82) is 0 Å². The number of thiophene rings is 1. The van der Waals surface area contributed by atoms with Crippen LogP contribution >= 0.6 is 11.3 Å². The molecule has 62 valence electrons. The van der Waals surface area contributed by atoms with E-state index in [4.69, 9.17) is 15.6 Å². The van der Waals surface area contributed by atoms with Gasteiger partial charge in [0.15, 0.2) is 5.06 Å². The summed E-state index contributed by atoms with van der Waals surface area (Å²) in [6.45, 7) is -0.0485. The van der Waals surface area contributed by atoms with Crippen molar-refractivity contribution in [3.05, 3.63) is 17.0 Å². The zero-order valence-electron chi connectivity index (χ0n) is 6.28. The first-order valence-electron chi connectivity index (χ1n) is 3.27. The highest BCUT2D eigenvalue weighted by Gasteiger charge is 2.11. The van der Waals surface area contributed by atoms with Gasteiger partial charge >= 0.3 is 0 Å². The molecule has 3 N–H and O–H groups in total. The zero-order valence-corrected chi connectivity index (χ0v) is 7.10. The lowest BCUT2D eigenvalue weighted by molar-refractivity contribution is 0.265. The molecule has 0 amide bonds. The van der Waals surface area contributed by atoms with Gasteiger partial charge in [-0.2, -0.15) is 0 Å². The van der Waals surface area contributed by atoms with Gasteiger partial charge in [0.1, 0.15) is 0 Å². The number of nitrogens with two attached hydrogens (primary N) is 1. The number of methoxy groups -OCH3 is 1. The molecule has 0 bridgehead atoms. The minimum Gasteiger partial charge on any atom is -0.487 e. The number of hydrogen-bond donors (Lipinski definition) is 2. The summed E-state index contributed by atoms with van der Waals surface area (Å²) in [5.74, 6) is 0. The maximum absolute atomic E-state index is 8.75. The molecule has 0 radical (unpaired) electrons. The molecule has 0 aromatic carbocycles. The van der Waals surface area contributed by atoms with Gasteiger partial charge < -0.3 is 15.6 Å². The second kappa shape index (κ2) is 3.71. The zero-order chi connectivity index (χ0) is 8.27. The number of hydrogen-bond acceptors (Lipinski definition) is 4. The van der Waals surface area contributed by atoms with Gasteiger partial charge in [0.2, 0.25) is 0 Å². The van der Waals surface area contributed by atoms with Gasteiger partial charge in [0, 0.05) is 5.56 Å². The molecule has 0 saturated heterocycles. The topological polar surface area (TPSA) is 55.5 Å². The molecule has 0 spiro atoms. The van der Waals surface area contributed by atoms with Crippen LogP contribution in [0.25, 0.3) is 0 Å². The third-order valence-electron chi connectivity index (χ3n) is 1.44. The summed E-state index contributed by atoms with van der Waals surface area (Å²) < 4.78 is 5.04. The van der Waals surface area contributed by atoms with E-state index in [1.54, 1.807) is 7.11 Å². The Bertz CT molecular complexity index is 224. The van der Waals surface area contributed by atoms with Gasteiger partial charge in [-0.1, -0.05) is 0 Å². The molecule has 1 aromatic heterocycles. The maximum atomic E-state index is 8.75. The van der Waals surface area contributed by atoms with Gasteiger partial charge in [-0.15, -0.1) is 11.3 Å². The van der Waals surface area contributed by atoms with E-state index >= 15 is 0 Å². The molecule has 0 aliphatic carbocycles. The average molecular weight is 173 g/mol. The Morgan fingerprint density at radius 1 is 1.82 bits per heavy atom. The van der Waals surface area contributed by atoms with Crippen molar-refractivity contribution in [3.8, 4) is 5.06 Å². The van der Waals surface area contributed by atoms with E-state index < -0.39 is 0 Å². The standard InChI is InChI=1S/C7H11NO2S/c1-10-7-5(2-3-11-7)6(8)4-9/h2-3,6,9H,4,8H2,1H3/t6-/m1/s1. The SMILES string of the molecule is COc1sccc1[C@H](N)CO. The van der Waals surface area contributed by atoms with Crippen molar-refractivity contribution in [2.45, 2.75) is 6.04 Å². The summed E-state index contributed by atoms with van der Waals surface area (Å²) in [7, 11) is 1.60. The van der Waals surface area contributed by atoms with Gasteiger partial charge in [0.25, 0.3) is 0 Å². The van der Waals surface area contributed by atoms with Crippen molar-refractivity contribution in [2.75, 3.05) is 13.7 Å². The van der Waals surface area contributed by atoms with Crippen LogP contribution in [0.4, 0.5) is 0 Å². The minimum atomic E-state index is -0.323. The molecule has 3 nitrogen and oxygen atoms in total. The van der Waals surface area contributed by atoms with E-state index in [2.05, 4.69) is 0 Å². The van der Waals surface area contributed by atoms with Crippen molar-refractivity contribution in [1.82, 2.24) is 0 Å². The molecule has 0 fully saturated rings. The lowest BCUT2D eigenvalue weighted by Crippen LogP contribution is -2.14. The molecule has 0 aliphatic heterocycles. The average Bonchev–Trinajstić information content (AvgIpc) is 2.50. The number of aliphatic hydroxyl groups excluding tert-OH is 1. The molecule has 0 saturated carbocycles. The van der Waals surface area contributed by atoms with Crippen LogP contribution in [-0.2, 0) is 0 Å². The van der Waals surface area contributed by atoms with Crippen molar-refractivity contribution >= 4 is 11.3 Å². The van der Waals surface area contributed by atoms with E-state index in [0.717, 1.165) is 10.6 Å². The Kier molecular flexibility index (Phi) is 2.87. The van der Waals surface area contributed by atoms with Crippen LogP contribution in [0.1, 0.15) is 11.6 Å². The highest BCUT2D eigenvalue weighted by molar-refractivity contribution is 7.12. The quantitative estimate of drug-likeness (QED) is 0.709. The summed E-state index contributed by atoms with van der Waals surface area (Å²) in [5.41, 5.74) is 6.47. The lowest BCUT2D eigenvalue weighted by Gasteiger charge is -2.07. The summed E-state index contributed by atoms with van der Waals surface area (Å²) in [6.07, 6.45) is 0. The fourth-order valence-corrected chi connectivity index (χ4v) is 1.63. The van der Waals surface area contributed by atoms with Gasteiger partial charge in [-0.3, -0.25) is 0 Å². The first-order chi connectivity index (χ1) is 5.29. The van der Waals surface area contributed by atoms with E-state index in [-0.39, 0.29) is 12.6 Å². The van der Waals surface area contributed by atoms with Gasteiger partial charge in [-0.05, 0) is 11.4 Å². The van der Waals surface area contributed by atoms with Gasteiger partial charge in [-0.25, -0.2) is 0 Å². The fraction of sp³-hybridized carbons (Fsp3) is 0.429. The minimum absolute atomic E-state index is 0.0485. The molecular weight excluding hydrogens is 162 g/mol. The van der Waals surface area contributed by atoms with E-state index in [1.807, 2.05) is 11.4 Å². The van der Waals surface area contributed by atoms with E-state index in [0.29, 0.717) is 0 Å². The third-order valence-corrected chi connectivity index (χ3v) is 2.33. The van der Waals surface area contributed by atoms with Gasteiger partial charge in [0.05, 0.1) is 19.8 Å². The lowest BCUT2D eigenvalue weighted by atomic mass is 10.2. The Morgan fingerprint density at radius 3 is 3.09 bits per heavy atom. The van der Waals surface area contributed by atoms with E-state index in [1.165, 1.54) is 11.3 Å². The van der Waals surface area contributed by atoms with Crippen LogP contribution in [0.5, 0.6) is 5.06 Å². The van der Waals surface area contributed by atoms with Crippen LogP contribution in [0.2, 0.25) is 0 Å². The first-order valence-corrected chi connectivity index (χ1v) is 4.15. The second-order valence-electron chi connectivity index (χ2n) is 2.16. The smallest absolute Gasteiger partial charge is 0.178 e. The highest BCUT2D eigenvalue weighted by Crippen LogP contribution is 2.29. The highest BCUT2D eigenvalue weighted by atomic mass is 32.1. The Morgan fingerprint density at radius 2 is 2.55 bits per heavy atom. The van der Waals surface area contributed by atoms with Crippen molar-refractivity contribution in [2.24, 2.45) is 5.73 Å². The van der Waals surface area contributed by atoms with Crippen molar-refractivity contribution in [3.63, 3.8) is 0 Å². The predicted molar refractivity (Wildman–Crippen MR) is 44.9 cm³/mol. The molecule has 1 atom stereocenters.